The van der Waals surface area contributed by atoms with Gasteiger partial charge in [-0.15, -0.1) is 0 Å². The van der Waals surface area contributed by atoms with Crippen molar-refractivity contribution >= 4 is 5.96 Å². The number of hydrogen-bond donors (Lipinski definition) is 2. The van der Waals surface area contributed by atoms with Crippen LogP contribution in [0.15, 0.2) is 53.7 Å². The van der Waals surface area contributed by atoms with Gasteiger partial charge in [-0.3, -0.25) is 0 Å². The summed E-state index contributed by atoms with van der Waals surface area (Å²) in [6, 6.07) is 13.6. The Balaban J connectivity index is 1.73. The number of nitrogens with zero attached hydrogens (tertiary/aromatic N) is 2. The van der Waals surface area contributed by atoms with Crippen LogP contribution >= 0.6 is 0 Å². The molecular formula is C19H26N4O2. The number of ether oxygens (including phenoxy) is 2. The average molecular weight is 342 g/mol. The van der Waals surface area contributed by atoms with Crippen LogP contribution < -0.4 is 20.1 Å². The first kappa shape index (κ1) is 18.6. The summed E-state index contributed by atoms with van der Waals surface area (Å²) in [6.45, 7) is 4.88. The van der Waals surface area contributed by atoms with E-state index in [2.05, 4.69) is 20.6 Å². The highest BCUT2D eigenvalue weighted by molar-refractivity contribution is 5.79. The first-order chi connectivity index (χ1) is 12.3. The molecule has 2 aromatic rings. The lowest BCUT2D eigenvalue weighted by molar-refractivity contribution is 0.311. The van der Waals surface area contributed by atoms with Crippen LogP contribution in [0, 0.1) is 0 Å². The van der Waals surface area contributed by atoms with E-state index in [1.807, 2.05) is 49.4 Å². The molecule has 0 aliphatic rings. The average Bonchev–Trinajstić information content (AvgIpc) is 2.67. The zero-order valence-corrected chi connectivity index (χ0v) is 14.9. The smallest absolute Gasteiger partial charge is 0.212 e. The Labute approximate surface area is 149 Å². The molecule has 0 radical (unpaired) electrons. The molecular weight excluding hydrogens is 316 g/mol. The first-order valence-corrected chi connectivity index (χ1v) is 8.50. The van der Waals surface area contributed by atoms with Crippen molar-refractivity contribution in [1.82, 2.24) is 15.6 Å². The number of aliphatic imine (C=N–C) groups is 1. The maximum Gasteiger partial charge on any atom is 0.212 e. The summed E-state index contributed by atoms with van der Waals surface area (Å²) in [5.74, 6) is 2.30. The number of aromatic nitrogens is 1. The normalized spacial score (nSPS) is 11.0. The van der Waals surface area contributed by atoms with Crippen molar-refractivity contribution in [3.05, 3.63) is 54.2 Å². The monoisotopic (exact) mass is 342 g/mol. The quantitative estimate of drug-likeness (QED) is 0.416. The predicted molar refractivity (Wildman–Crippen MR) is 100 cm³/mol. The van der Waals surface area contributed by atoms with E-state index in [1.165, 1.54) is 0 Å². The summed E-state index contributed by atoms with van der Waals surface area (Å²) < 4.78 is 10.7. The maximum absolute atomic E-state index is 5.68. The molecule has 0 spiro atoms. The molecule has 0 fully saturated rings. The second-order valence-corrected chi connectivity index (χ2v) is 5.35. The summed E-state index contributed by atoms with van der Waals surface area (Å²) in [7, 11) is 1.61. The van der Waals surface area contributed by atoms with Gasteiger partial charge in [0.1, 0.15) is 5.75 Å². The fraction of sp³-hybridized carbons (Fsp3) is 0.368. The molecule has 0 aliphatic heterocycles. The standard InChI is InChI=1S/C19H26N4O2/c1-3-20-19(23-15-16-10-11-18(24-2)22-14-16)21-12-7-13-25-17-8-5-4-6-9-17/h4-6,8-11,14H,3,7,12-13,15H2,1-2H3,(H2,20,21,23). The molecule has 2 N–H and O–H groups in total. The van der Waals surface area contributed by atoms with Gasteiger partial charge in [0.25, 0.3) is 0 Å². The van der Waals surface area contributed by atoms with Crippen molar-refractivity contribution in [2.45, 2.75) is 19.9 Å². The third kappa shape index (κ3) is 7.12. The Bertz CT molecular complexity index is 630. The second kappa shape index (κ2) is 10.9. The number of para-hydroxylation sites is 1. The van der Waals surface area contributed by atoms with Crippen LogP contribution in [0.5, 0.6) is 11.6 Å². The Morgan fingerprint density at radius 3 is 2.64 bits per heavy atom. The van der Waals surface area contributed by atoms with Crippen molar-refractivity contribution in [2.75, 3.05) is 26.8 Å². The molecule has 6 heteroatoms. The van der Waals surface area contributed by atoms with Gasteiger partial charge in [0.15, 0.2) is 5.96 Å². The van der Waals surface area contributed by atoms with Crippen LogP contribution in [-0.4, -0.2) is 37.7 Å². The predicted octanol–water partition coefficient (Wildman–Crippen LogP) is 2.61. The summed E-state index contributed by atoms with van der Waals surface area (Å²) in [5.41, 5.74) is 1.03. The first-order valence-electron chi connectivity index (χ1n) is 8.50. The summed E-state index contributed by atoms with van der Waals surface area (Å²) in [6.07, 6.45) is 2.67. The number of hydrogen-bond acceptors (Lipinski definition) is 4. The van der Waals surface area contributed by atoms with Gasteiger partial charge in [-0.25, -0.2) is 9.98 Å². The topological polar surface area (TPSA) is 67.8 Å². The SMILES string of the molecule is CCNC(=NCc1ccc(OC)nc1)NCCCOc1ccccc1. The van der Waals surface area contributed by atoms with Gasteiger partial charge in [0.2, 0.25) is 5.88 Å². The molecule has 1 aromatic heterocycles. The molecule has 0 bridgehead atoms. The van der Waals surface area contributed by atoms with Crippen LogP contribution in [0.1, 0.15) is 18.9 Å². The Morgan fingerprint density at radius 1 is 1.12 bits per heavy atom. The molecule has 134 valence electrons. The van der Waals surface area contributed by atoms with E-state index in [1.54, 1.807) is 13.3 Å². The Kier molecular flexibility index (Phi) is 8.11. The maximum atomic E-state index is 5.68. The molecule has 0 amide bonds. The summed E-state index contributed by atoms with van der Waals surface area (Å²) in [5, 5.41) is 6.55. The lowest BCUT2D eigenvalue weighted by Crippen LogP contribution is -2.38. The lowest BCUT2D eigenvalue weighted by Gasteiger charge is -2.12. The largest absolute Gasteiger partial charge is 0.494 e. The molecule has 25 heavy (non-hydrogen) atoms. The van der Waals surface area contributed by atoms with Crippen LogP contribution in [0.3, 0.4) is 0 Å². The molecule has 0 aliphatic carbocycles. The zero-order valence-electron chi connectivity index (χ0n) is 14.9. The number of pyridine rings is 1. The Hall–Kier alpha value is -2.76. The molecule has 2 rings (SSSR count). The van der Waals surface area contributed by atoms with E-state index >= 15 is 0 Å². The number of benzene rings is 1. The van der Waals surface area contributed by atoms with Gasteiger partial charge in [0.05, 0.1) is 20.3 Å². The highest BCUT2D eigenvalue weighted by atomic mass is 16.5. The number of methoxy groups -OCH3 is 1. The second-order valence-electron chi connectivity index (χ2n) is 5.35. The number of nitrogens with one attached hydrogen (secondary N) is 2. The summed E-state index contributed by atoms with van der Waals surface area (Å²) >= 11 is 0. The van der Waals surface area contributed by atoms with Crippen LogP contribution in [0.4, 0.5) is 0 Å². The van der Waals surface area contributed by atoms with Crippen molar-refractivity contribution < 1.29 is 9.47 Å². The molecule has 6 nitrogen and oxygen atoms in total. The summed E-state index contributed by atoms with van der Waals surface area (Å²) in [4.78, 5) is 8.76. The molecule has 1 aromatic carbocycles. The third-order valence-electron chi connectivity index (χ3n) is 3.40. The Morgan fingerprint density at radius 2 is 1.96 bits per heavy atom. The van der Waals surface area contributed by atoms with Gasteiger partial charge in [-0.1, -0.05) is 24.3 Å². The van der Waals surface area contributed by atoms with E-state index in [4.69, 9.17) is 9.47 Å². The van der Waals surface area contributed by atoms with Crippen molar-refractivity contribution in [3.8, 4) is 11.6 Å². The number of rotatable bonds is 9. The van der Waals surface area contributed by atoms with Gasteiger partial charge in [-0.05, 0) is 31.0 Å². The molecule has 0 saturated carbocycles. The highest BCUT2D eigenvalue weighted by Crippen LogP contribution is 2.08. The van der Waals surface area contributed by atoms with Gasteiger partial charge >= 0.3 is 0 Å². The van der Waals surface area contributed by atoms with Crippen molar-refractivity contribution in [3.63, 3.8) is 0 Å². The van der Waals surface area contributed by atoms with Gasteiger partial charge in [-0.2, -0.15) is 0 Å². The fourth-order valence-electron chi connectivity index (χ4n) is 2.12. The number of guanidine groups is 1. The van der Waals surface area contributed by atoms with Crippen molar-refractivity contribution in [2.24, 2.45) is 4.99 Å². The van der Waals surface area contributed by atoms with Crippen LogP contribution in [0.2, 0.25) is 0 Å². The van der Waals surface area contributed by atoms with Gasteiger partial charge in [0, 0.05) is 25.4 Å². The third-order valence-corrected chi connectivity index (χ3v) is 3.40. The van der Waals surface area contributed by atoms with E-state index < -0.39 is 0 Å². The van der Waals surface area contributed by atoms with E-state index in [9.17, 15) is 0 Å². The van der Waals surface area contributed by atoms with Crippen molar-refractivity contribution in [1.29, 1.82) is 0 Å². The molecule has 0 saturated heterocycles. The van der Waals surface area contributed by atoms with E-state index in [0.717, 1.165) is 36.8 Å². The fourth-order valence-corrected chi connectivity index (χ4v) is 2.12. The zero-order chi connectivity index (χ0) is 17.7. The molecule has 1 heterocycles. The highest BCUT2D eigenvalue weighted by Gasteiger charge is 1.99. The van der Waals surface area contributed by atoms with Crippen LogP contribution in [0.25, 0.3) is 0 Å². The van der Waals surface area contributed by atoms with E-state index in [-0.39, 0.29) is 0 Å². The molecule has 0 atom stereocenters. The molecule has 0 unspecified atom stereocenters. The lowest BCUT2D eigenvalue weighted by atomic mass is 10.3. The van der Waals surface area contributed by atoms with Crippen LogP contribution in [-0.2, 0) is 6.54 Å². The minimum atomic E-state index is 0.562. The minimum Gasteiger partial charge on any atom is -0.494 e. The van der Waals surface area contributed by atoms with Gasteiger partial charge < -0.3 is 20.1 Å². The van der Waals surface area contributed by atoms with E-state index in [0.29, 0.717) is 19.0 Å². The minimum absolute atomic E-state index is 0.562.